The van der Waals surface area contributed by atoms with Crippen LogP contribution in [0.15, 0.2) is 65.4 Å². The zero-order valence-electron chi connectivity index (χ0n) is 25.6. The minimum absolute atomic E-state index is 0.0508. The van der Waals surface area contributed by atoms with Gasteiger partial charge in [0, 0.05) is 68.5 Å². The van der Waals surface area contributed by atoms with E-state index in [2.05, 4.69) is 25.8 Å². The average molecular weight is 645 g/mol. The van der Waals surface area contributed by atoms with Gasteiger partial charge in [-0.2, -0.15) is 4.98 Å². The molecule has 0 spiro atoms. The highest BCUT2D eigenvalue weighted by molar-refractivity contribution is 5.95. The Morgan fingerprint density at radius 1 is 1.11 bits per heavy atom. The third-order valence-corrected chi connectivity index (χ3v) is 7.90. The van der Waals surface area contributed by atoms with Crippen LogP contribution in [0.3, 0.4) is 0 Å². The second-order valence-electron chi connectivity index (χ2n) is 11.2. The summed E-state index contributed by atoms with van der Waals surface area (Å²) in [5, 5.41) is 9.70. The Hall–Kier alpha value is -5.53. The number of halogens is 1. The third-order valence-electron chi connectivity index (χ3n) is 7.90. The lowest BCUT2D eigenvalue weighted by molar-refractivity contribution is -0.133. The number of piperidine rings is 1. The highest BCUT2D eigenvalue weighted by Gasteiger charge is 2.34. The summed E-state index contributed by atoms with van der Waals surface area (Å²) in [6, 6.07) is 11.8. The number of aryl methyl sites for hydroxylation is 1. The van der Waals surface area contributed by atoms with Crippen molar-refractivity contribution in [3.8, 4) is 28.6 Å². The van der Waals surface area contributed by atoms with Gasteiger partial charge in [-0.1, -0.05) is 5.16 Å². The number of likely N-dealkylation sites (tertiary alicyclic amines) is 1. The van der Waals surface area contributed by atoms with Crippen molar-refractivity contribution in [2.45, 2.75) is 44.4 Å². The fourth-order valence-corrected chi connectivity index (χ4v) is 5.50. The normalized spacial score (nSPS) is 18.2. The first-order valence-electron chi connectivity index (χ1n) is 15.2. The second kappa shape index (κ2) is 14.3. The van der Waals surface area contributed by atoms with Crippen molar-refractivity contribution in [3.05, 3.63) is 83.8 Å². The topological polar surface area (TPSA) is 158 Å². The molecule has 2 aliphatic heterocycles. The smallest absolute Gasteiger partial charge is 0.258 e. The van der Waals surface area contributed by atoms with E-state index in [1.165, 1.54) is 25.3 Å². The first kappa shape index (κ1) is 31.5. The van der Waals surface area contributed by atoms with Crippen LogP contribution in [-0.2, 0) is 22.6 Å². The highest BCUT2D eigenvalue weighted by atomic mass is 19.1. The van der Waals surface area contributed by atoms with Crippen LogP contribution >= 0.6 is 0 Å². The number of nitrogens with one attached hydrogen (secondary N) is 2. The number of ether oxygens (including phenoxy) is 3. The van der Waals surface area contributed by atoms with Crippen molar-refractivity contribution in [2.75, 3.05) is 26.8 Å². The van der Waals surface area contributed by atoms with Gasteiger partial charge in [0.25, 0.3) is 11.8 Å². The molecule has 2 aliphatic rings. The molecule has 0 radical (unpaired) electrons. The van der Waals surface area contributed by atoms with E-state index in [9.17, 15) is 18.8 Å². The highest BCUT2D eigenvalue weighted by Crippen LogP contribution is 2.29. The number of amides is 3. The summed E-state index contributed by atoms with van der Waals surface area (Å²) in [6.07, 6.45) is 4.25. The van der Waals surface area contributed by atoms with Crippen LogP contribution in [0.1, 0.15) is 41.1 Å². The van der Waals surface area contributed by atoms with Gasteiger partial charge in [0.15, 0.2) is 18.1 Å². The standard InChI is InChI=1S/C33H33FN6O7/c1-44-27-6-5-22-15-28(27)45-19-29(41)36-17-20-13-23(34)16-24(14-20)46-26-9-12-40(18-25(26)37-33(22)43)31(42)4-2-3-30-38-32(39-47-30)21-7-10-35-11-8-21/h5-8,10-11,13-16,25-26H,2-4,9,12,17-19H2,1H3,(H,36,41)(H,37,43)/t25-,26+/m0/s1. The predicted octanol–water partition coefficient (Wildman–Crippen LogP) is 3.09. The lowest BCUT2D eigenvalue weighted by Crippen LogP contribution is -2.58. The molecule has 4 bridgehead atoms. The number of hydrogen-bond acceptors (Lipinski definition) is 10. The summed E-state index contributed by atoms with van der Waals surface area (Å²) in [4.78, 5) is 49.4. The van der Waals surface area contributed by atoms with Crippen LogP contribution in [-0.4, -0.2) is 76.7 Å². The van der Waals surface area contributed by atoms with Gasteiger partial charge < -0.3 is 34.3 Å². The van der Waals surface area contributed by atoms with Crippen molar-refractivity contribution in [3.63, 3.8) is 0 Å². The van der Waals surface area contributed by atoms with E-state index >= 15 is 0 Å². The van der Waals surface area contributed by atoms with Gasteiger partial charge in [0.2, 0.25) is 17.6 Å². The zero-order valence-corrected chi connectivity index (χ0v) is 25.6. The van der Waals surface area contributed by atoms with Crippen LogP contribution in [0.25, 0.3) is 11.4 Å². The molecule has 4 heterocycles. The quantitative estimate of drug-likeness (QED) is 0.320. The third kappa shape index (κ3) is 7.83. The molecule has 1 saturated heterocycles. The number of carbonyl (C=O) groups excluding carboxylic acids is 3. The number of pyridine rings is 1. The molecule has 0 aliphatic carbocycles. The average Bonchev–Trinajstić information content (AvgIpc) is 3.55. The van der Waals surface area contributed by atoms with Crippen molar-refractivity contribution in [1.29, 1.82) is 0 Å². The molecule has 2 aromatic carbocycles. The van der Waals surface area contributed by atoms with E-state index in [4.69, 9.17) is 18.7 Å². The Bertz CT molecular complexity index is 1750. The van der Waals surface area contributed by atoms with Gasteiger partial charge in [0.1, 0.15) is 17.7 Å². The van der Waals surface area contributed by atoms with Crippen LogP contribution in [0.2, 0.25) is 0 Å². The van der Waals surface area contributed by atoms with Crippen LogP contribution in [0.5, 0.6) is 17.2 Å². The van der Waals surface area contributed by atoms with Crippen molar-refractivity contribution < 1.29 is 37.5 Å². The van der Waals surface area contributed by atoms with E-state index in [-0.39, 0.29) is 49.1 Å². The Morgan fingerprint density at radius 2 is 1.96 bits per heavy atom. The molecule has 14 heteroatoms. The van der Waals surface area contributed by atoms with E-state index in [0.717, 1.165) is 5.56 Å². The van der Waals surface area contributed by atoms with Gasteiger partial charge in [-0.15, -0.1) is 0 Å². The maximum Gasteiger partial charge on any atom is 0.258 e. The Morgan fingerprint density at radius 3 is 2.79 bits per heavy atom. The maximum absolute atomic E-state index is 14.6. The largest absolute Gasteiger partial charge is 0.493 e. The molecule has 3 amide bonds. The number of benzene rings is 2. The van der Waals surface area contributed by atoms with Crippen LogP contribution in [0.4, 0.5) is 4.39 Å². The van der Waals surface area contributed by atoms with Gasteiger partial charge in [-0.25, -0.2) is 4.39 Å². The second-order valence-corrected chi connectivity index (χ2v) is 11.2. The van der Waals surface area contributed by atoms with Gasteiger partial charge in [-0.3, -0.25) is 19.4 Å². The van der Waals surface area contributed by atoms with Crippen LogP contribution < -0.4 is 24.8 Å². The summed E-state index contributed by atoms with van der Waals surface area (Å²) in [5.41, 5.74) is 1.53. The van der Waals surface area contributed by atoms with Crippen molar-refractivity contribution in [1.82, 2.24) is 30.7 Å². The molecule has 2 aromatic heterocycles. The van der Waals surface area contributed by atoms with E-state index in [0.29, 0.717) is 48.8 Å². The van der Waals surface area contributed by atoms with Gasteiger partial charge in [0.05, 0.1) is 13.2 Å². The monoisotopic (exact) mass is 644 g/mol. The summed E-state index contributed by atoms with van der Waals surface area (Å²) in [5.74, 6) is 0.171. The Labute approximate surface area is 269 Å². The summed E-state index contributed by atoms with van der Waals surface area (Å²) < 4.78 is 37.2. The zero-order chi connectivity index (χ0) is 32.8. The predicted molar refractivity (Wildman–Crippen MR) is 164 cm³/mol. The fraction of sp³-hybridized carbons (Fsp3) is 0.333. The van der Waals surface area contributed by atoms with Crippen LogP contribution in [0, 0.1) is 5.82 Å². The minimum atomic E-state index is -0.621. The molecule has 13 nitrogen and oxygen atoms in total. The Kier molecular flexibility index (Phi) is 9.55. The summed E-state index contributed by atoms with van der Waals surface area (Å²) >= 11 is 0. The molecule has 1 fully saturated rings. The first-order chi connectivity index (χ1) is 22.8. The number of methoxy groups -OCH3 is 1. The molecule has 4 aromatic rings. The fourth-order valence-electron chi connectivity index (χ4n) is 5.50. The molecular formula is C33H33FN6O7. The molecule has 6 rings (SSSR count). The summed E-state index contributed by atoms with van der Waals surface area (Å²) in [7, 11) is 1.45. The molecule has 2 atom stereocenters. The molecule has 0 saturated carbocycles. The number of rotatable bonds is 6. The number of fused-ring (bicyclic) bond motifs is 5. The lowest BCUT2D eigenvalue weighted by Gasteiger charge is -2.39. The molecule has 2 N–H and O–H groups in total. The Balaban J connectivity index is 1.16. The van der Waals surface area contributed by atoms with E-state index in [1.807, 2.05) is 0 Å². The van der Waals surface area contributed by atoms with Crippen molar-refractivity contribution in [2.24, 2.45) is 0 Å². The number of hydrogen-bond donors (Lipinski definition) is 2. The molecule has 47 heavy (non-hydrogen) atoms. The maximum atomic E-state index is 14.6. The minimum Gasteiger partial charge on any atom is -0.493 e. The molecule has 0 unspecified atom stereocenters. The van der Waals surface area contributed by atoms with Gasteiger partial charge in [-0.05, 0) is 54.4 Å². The first-order valence-corrected chi connectivity index (χ1v) is 15.2. The molecular weight excluding hydrogens is 611 g/mol. The van der Waals surface area contributed by atoms with E-state index < -0.39 is 29.8 Å². The lowest BCUT2D eigenvalue weighted by atomic mass is 10.00. The van der Waals surface area contributed by atoms with Crippen molar-refractivity contribution >= 4 is 17.7 Å². The summed E-state index contributed by atoms with van der Waals surface area (Å²) in [6.45, 7) is 0.261. The SMILES string of the molecule is COc1ccc2cc1OCC(=O)NCc1cc(F)cc(c1)O[C@@H]1CCN(C(=O)CCCc3nc(-c4ccncc4)no3)C[C@@H]1NC2=O. The van der Waals surface area contributed by atoms with Gasteiger partial charge >= 0.3 is 0 Å². The number of aromatic nitrogens is 3. The number of nitrogens with zero attached hydrogens (tertiary/aromatic N) is 4. The molecule has 244 valence electrons. The van der Waals surface area contributed by atoms with E-state index in [1.54, 1.807) is 47.6 Å². The number of carbonyl (C=O) groups is 3.